The summed E-state index contributed by atoms with van der Waals surface area (Å²) in [6, 6.07) is 0. The van der Waals surface area contributed by atoms with Crippen LogP contribution in [-0.4, -0.2) is 20.5 Å². The van der Waals surface area contributed by atoms with E-state index in [2.05, 4.69) is 20.9 Å². The number of imidazole rings is 1. The normalized spacial score (nSPS) is 10.9. The standard InChI is InChI=1S/C7H5BrN2O2S/c1-3-9-5(7(11)12)6-10(3)2-4(8)13-6/h2H,1H3,(H,11,12). The highest BCUT2D eigenvalue weighted by Crippen LogP contribution is 2.27. The topological polar surface area (TPSA) is 54.6 Å². The minimum Gasteiger partial charge on any atom is -0.476 e. The molecular weight excluding hydrogens is 256 g/mol. The van der Waals surface area contributed by atoms with E-state index in [0.29, 0.717) is 10.7 Å². The van der Waals surface area contributed by atoms with Gasteiger partial charge in [0.05, 0.1) is 3.79 Å². The van der Waals surface area contributed by atoms with E-state index in [9.17, 15) is 4.79 Å². The van der Waals surface area contributed by atoms with Crippen molar-refractivity contribution in [2.75, 3.05) is 0 Å². The summed E-state index contributed by atoms with van der Waals surface area (Å²) in [4.78, 5) is 15.4. The van der Waals surface area contributed by atoms with Gasteiger partial charge in [-0.2, -0.15) is 0 Å². The number of fused-ring (bicyclic) bond motifs is 1. The Kier molecular flexibility index (Phi) is 1.88. The second-order valence-corrected chi connectivity index (χ2v) is 4.93. The highest BCUT2D eigenvalue weighted by atomic mass is 79.9. The summed E-state index contributed by atoms with van der Waals surface area (Å²) >= 11 is 4.66. The first kappa shape index (κ1) is 8.71. The Morgan fingerprint density at radius 1 is 1.77 bits per heavy atom. The van der Waals surface area contributed by atoms with Crippen molar-refractivity contribution in [3.63, 3.8) is 0 Å². The van der Waals surface area contributed by atoms with Gasteiger partial charge in [0, 0.05) is 6.20 Å². The molecule has 2 aromatic rings. The van der Waals surface area contributed by atoms with Crippen LogP contribution in [0.2, 0.25) is 0 Å². The van der Waals surface area contributed by atoms with Crippen LogP contribution in [0.1, 0.15) is 16.3 Å². The largest absolute Gasteiger partial charge is 0.476 e. The Balaban J connectivity index is 2.83. The lowest BCUT2D eigenvalue weighted by Gasteiger charge is -1.82. The summed E-state index contributed by atoms with van der Waals surface area (Å²) < 4.78 is 2.66. The lowest BCUT2D eigenvalue weighted by atomic mass is 10.5. The van der Waals surface area contributed by atoms with Crippen molar-refractivity contribution in [1.82, 2.24) is 9.38 Å². The van der Waals surface area contributed by atoms with Gasteiger partial charge in [-0.05, 0) is 22.9 Å². The molecule has 68 valence electrons. The summed E-state index contributed by atoms with van der Waals surface area (Å²) in [7, 11) is 0. The van der Waals surface area contributed by atoms with Crippen molar-refractivity contribution in [3.8, 4) is 0 Å². The fraction of sp³-hybridized carbons (Fsp3) is 0.143. The van der Waals surface area contributed by atoms with Gasteiger partial charge in [-0.3, -0.25) is 4.40 Å². The van der Waals surface area contributed by atoms with Gasteiger partial charge >= 0.3 is 5.97 Å². The van der Waals surface area contributed by atoms with Crippen LogP contribution in [0, 0.1) is 6.92 Å². The van der Waals surface area contributed by atoms with Gasteiger partial charge in [0.25, 0.3) is 0 Å². The van der Waals surface area contributed by atoms with E-state index in [-0.39, 0.29) is 5.69 Å². The van der Waals surface area contributed by atoms with Crippen LogP contribution in [0.15, 0.2) is 9.98 Å². The Morgan fingerprint density at radius 2 is 2.46 bits per heavy atom. The van der Waals surface area contributed by atoms with Gasteiger partial charge in [0.1, 0.15) is 10.7 Å². The Morgan fingerprint density at radius 3 is 3.08 bits per heavy atom. The molecule has 0 aliphatic carbocycles. The van der Waals surface area contributed by atoms with E-state index >= 15 is 0 Å². The van der Waals surface area contributed by atoms with Crippen molar-refractivity contribution in [2.45, 2.75) is 6.92 Å². The monoisotopic (exact) mass is 260 g/mol. The molecule has 0 aliphatic rings. The van der Waals surface area contributed by atoms with Crippen molar-refractivity contribution >= 4 is 38.1 Å². The molecule has 2 rings (SSSR count). The van der Waals surface area contributed by atoms with Crippen LogP contribution in [0.25, 0.3) is 4.83 Å². The number of hydrogen-bond acceptors (Lipinski definition) is 3. The maximum Gasteiger partial charge on any atom is 0.357 e. The predicted octanol–water partition coefficient (Wildman–Crippen LogP) is 2.16. The van der Waals surface area contributed by atoms with E-state index in [4.69, 9.17) is 5.11 Å². The average Bonchev–Trinajstić information content (AvgIpc) is 2.51. The molecule has 1 N–H and O–H groups in total. The number of carbonyl (C=O) groups is 1. The number of aromatic carboxylic acids is 1. The van der Waals surface area contributed by atoms with Crippen molar-refractivity contribution in [2.24, 2.45) is 0 Å². The molecule has 0 unspecified atom stereocenters. The summed E-state index contributed by atoms with van der Waals surface area (Å²) in [6.45, 7) is 1.78. The first-order valence-corrected chi connectivity index (χ1v) is 5.08. The molecule has 0 aliphatic heterocycles. The number of carboxylic acids is 1. The van der Waals surface area contributed by atoms with Crippen LogP contribution in [0.4, 0.5) is 0 Å². The fourth-order valence-electron chi connectivity index (χ4n) is 1.13. The zero-order valence-corrected chi connectivity index (χ0v) is 9.02. The molecule has 6 heteroatoms. The van der Waals surface area contributed by atoms with Crippen molar-refractivity contribution < 1.29 is 9.90 Å². The molecule has 4 nitrogen and oxygen atoms in total. The minimum atomic E-state index is -0.986. The van der Waals surface area contributed by atoms with Crippen molar-refractivity contribution in [3.05, 3.63) is 21.5 Å². The van der Waals surface area contributed by atoms with Gasteiger partial charge in [0.15, 0.2) is 5.69 Å². The maximum absolute atomic E-state index is 10.8. The third kappa shape index (κ3) is 1.26. The van der Waals surface area contributed by atoms with E-state index in [1.54, 1.807) is 11.3 Å². The highest BCUT2D eigenvalue weighted by molar-refractivity contribution is 9.11. The van der Waals surface area contributed by atoms with Gasteiger partial charge in [0.2, 0.25) is 0 Å². The van der Waals surface area contributed by atoms with E-state index in [0.717, 1.165) is 3.79 Å². The SMILES string of the molecule is Cc1nc(C(=O)O)c2sc(Br)cn12. The number of carboxylic acid groups (broad SMARTS) is 1. The second-order valence-electron chi connectivity index (χ2n) is 2.52. The molecule has 13 heavy (non-hydrogen) atoms. The number of rotatable bonds is 1. The number of thiazole rings is 1. The van der Waals surface area contributed by atoms with Gasteiger partial charge in [-0.25, -0.2) is 9.78 Å². The third-order valence-corrected chi connectivity index (χ3v) is 3.25. The molecule has 0 aromatic carbocycles. The van der Waals surface area contributed by atoms with Gasteiger partial charge in [-0.1, -0.05) is 0 Å². The zero-order chi connectivity index (χ0) is 9.59. The Bertz CT molecular complexity index is 488. The van der Waals surface area contributed by atoms with Gasteiger partial charge < -0.3 is 5.11 Å². The van der Waals surface area contributed by atoms with Gasteiger partial charge in [-0.15, -0.1) is 11.3 Å². The first-order chi connectivity index (χ1) is 6.09. The summed E-state index contributed by atoms with van der Waals surface area (Å²) in [6.07, 6.45) is 1.81. The third-order valence-electron chi connectivity index (χ3n) is 1.67. The molecule has 0 saturated heterocycles. The quantitative estimate of drug-likeness (QED) is 0.855. The van der Waals surface area contributed by atoms with E-state index < -0.39 is 5.97 Å². The highest BCUT2D eigenvalue weighted by Gasteiger charge is 2.16. The zero-order valence-electron chi connectivity index (χ0n) is 6.61. The van der Waals surface area contributed by atoms with Crippen LogP contribution in [0.3, 0.4) is 0 Å². The van der Waals surface area contributed by atoms with Crippen LogP contribution < -0.4 is 0 Å². The number of nitrogens with zero attached hydrogens (tertiary/aromatic N) is 2. The molecule has 2 aromatic heterocycles. The van der Waals surface area contributed by atoms with E-state index in [1.807, 2.05) is 6.20 Å². The summed E-state index contributed by atoms with van der Waals surface area (Å²) in [5, 5.41) is 8.82. The average molecular weight is 261 g/mol. The van der Waals surface area contributed by atoms with Crippen LogP contribution in [0.5, 0.6) is 0 Å². The second kappa shape index (κ2) is 2.81. The molecule has 2 heterocycles. The molecule has 0 bridgehead atoms. The molecule has 0 radical (unpaired) electrons. The molecule has 0 spiro atoms. The van der Waals surface area contributed by atoms with Crippen LogP contribution >= 0.6 is 27.3 Å². The van der Waals surface area contributed by atoms with E-state index in [1.165, 1.54) is 11.3 Å². The molecular formula is C7H5BrN2O2S. The smallest absolute Gasteiger partial charge is 0.357 e. The number of aromatic nitrogens is 2. The summed E-state index contributed by atoms with van der Waals surface area (Å²) in [5.74, 6) is -0.297. The van der Waals surface area contributed by atoms with Crippen LogP contribution in [-0.2, 0) is 0 Å². The molecule has 0 atom stereocenters. The Labute approximate surface area is 86.0 Å². The minimum absolute atomic E-state index is 0.119. The van der Waals surface area contributed by atoms with Crippen molar-refractivity contribution in [1.29, 1.82) is 0 Å². The predicted molar refractivity (Wildman–Crippen MR) is 52.5 cm³/mol. The maximum atomic E-state index is 10.8. The lowest BCUT2D eigenvalue weighted by Crippen LogP contribution is -1.95. The summed E-state index contributed by atoms with van der Waals surface area (Å²) in [5.41, 5.74) is 0.119. The number of aryl methyl sites for hydroxylation is 1. The molecule has 0 amide bonds. The number of halogens is 1. The fourth-order valence-corrected chi connectivity index (χ4v) is 2.65. The lowest BCUT2D eigenvalue weighted by molar-refractivity contribution is 0.0693. The first-order valence-electron chi connectivity index (χ1n) is 3.47. The Hall–Kier alpha value is -0.880. The molecule has 0 fully saturated rings. The molecule has 0 saturated carbocycles. The number of hydrogen-bond donors (Lipinski definition) is 1.